The Balaban J connectivity index is 2.20. The molecular formula is C11H16BrN3O. The molecule has 88 valence electrons. The number of hydrogen-bond acceptors (Lipinski definition) is 2. The predicted molar refractivity (Wildman–Crippen MR) is 65.7 cm³/mol. The number of aromatic nitrogens is 2. The number of aromatic amines is 1. The molecule has 0 saturated carbocycles. The van der Waals surface area contributed by atoms with Crippen LogP contribution in [-0.2, 0) is 0 Å². The van der Waals surface area contributed by atoms with E-state index < -0.39 is 0 Å². The van der Waals surface area contributed by atoms with Crippen molar-refractivity contribution in [3.05, 3.63) is 17.5 Å². The van der Waals surface area contributed by atoms with Gasteiger partial charge in [-0.3, -0.25) is 9.89 Å². The van der Waals surface area contributed by atoms with Gasteiger partial charge in [0.1, 0.15) is 0 Å². The van der Waals surface area contributed by atoms with E-state index in [-0.39, 0.29) is 5.91 Å². The number of carbonyl (C=O) groups excluding carboxylic acids is 1. The van der Waals surface area contributed by atoms with E-state index in [0.717, 1.165) is 24.0 Å². The number of carbonyl (C=O) groups is 1. The molecule has 1 amide bonds. The van der Waals surface area contributed by atoms with E-state index in [1.807, 2.05) is 11.8 Å². The molecule has 1 aliphatic rings. The van der Waals surface area contributed by atoms with Crippen molar-refractivity contribution in [2.45, 2.75) is 26.3 Å². The van der Waals surface area contributed by atoms with Gasteiger partial charge in [-0.05, 0) is 19.3 Å². The summed E-state index contributed by atoms with van der Waals surface area (Å²) in [5, 5.41) is 7.55. The van der Waals surface area contributed by atoms with Gasteiger partial charge in [0.15, 0.2) is 0 Å². The third-order valence-corrected chi connectivity index (χ3v) is 4.03. The van der Waals surface area contributed by atoms with Crippen molar-refractivity contribution in [1.29, 1.82) is 0 Å². The molecule has 0 radical (unpaired) electrons. The third kappa shape index (κ3) is 1.88. The molecule has 16 heavy (non-hydrogen) atoms. The molecule has 2 rings (SSSR count). The van der Waals surface area contributed by atoms with Crippen molar-refractivity contribution in [3.8, 4) is 0 Å². The van der Waals surface area contributed by atoms with Crippen LogP contribution in [0.25, 0.3) is 0 Å². The molecule has 1 N–H and O–H groups in total. The fourth-order valence-electron chi connectivity index (χ4n) is 2.22. The first-order chi connectivity index (χ1) is 7.65. The van der Waals surface area contributed by atoms with Crippen molar-refractivity contribution in [1.82, 2.24) is 15.1 Å². The van der Waals surface area contributed by atoms with Gasteiger partial charge in [-0.25, -0.2) is 0 Å². The summed E-state index contributed by atoms with van der Waals surface area (Å²) in [7, 11) is 0. The number of likely N-dealkylation sites (tertiary alicyclic amines) is 1. The van der Waals surface area contributed by atoms with Crippen molar-refractivity contribution < 1.29 is 4.79 Å². The molecular weight excluding hydrogens is 270 g/mol. The molecule has 1 fully saturated rings. The molecule has 1 aliphatic heterocycles. The Morgan fingerprint density at radius 2 is 2.50 bits per heavy atom. The predicted octanol–water partition coefficient (Wildman–Crippen LogP) is 1.96. The van der Waals surface area contributed by atoms with Crippen molar-refractivity contribution in [3.63, 3.8) is 0 Å². The molecule has 0 bridgehead atoms. The van der Waals surface area contributed by atoms with Crippen LogP contribution in [0, 0.1) is 12.8 Å². The van der Waals surface area contributed by atoms with Crippen LogP contribution in [0.3, 0.4) is 0 Å². The number of amides is 1. The smallest absolute Gasteiger partial charge is 0.257 e. The van der Waals surface area contributed by atoms with Crippen LogP contribution in [0.15, 0.2) is 6.20 Å². The normalized spacial score (nSPS) is 25.1. The zero-order valence-corrected chi connectivity index (χ0v) is 11.1. The second kappa shape index (κ2) is 4.57. The maximum atomic E-state index is 12.3. The van der Waals surface area contributed by atoms with E-state index in [1.54, 1.807) is 6.20 Å². The Morgan fingerprint density at radius 3 is 3.06 bits per heavy atom. The number of halogens is 1. The fourth-order valence-corrected chi connectivity index (χ4v) is 3.20. The van der Waals surface area contributed by atoms with E-state index in [1.165, 1.54) is 0 Å². The lowest BCUT2D eigenvalue weighted by Gasteiger charge is -2.25. The summed E-state index contributed by atoms with van der Waals surface area (Å²) in [5.41, 5.74) is 1.54. The lowest BCUT2D eigenvalue weighted by molar-refractivity contribution is 0.0738. The average molecular weight is 286 g/mol. The van der Waals surface area contributed by atoms with Gasteiger partial charge in [-0.1, -0.05) is 22.9 Å². The van der Waals surface area contributed by atoms with E-state index in [2.05, 4.69) is 33.1 Å². The zero-order valence-electron chi connectivity index (χ0n) is 9.53. The molecule has 0 spiro atoms. The highest BCUT2D eigenvalue weighted by Crippen LogP contribution is 2.27. The highest BCUT2D eigenvalue weighted by atomic mass is 79.9. The minimum Gasteiger partial charge on any atom is -0.334 e. The van der Waals surface area contributed by atoms with Gasteiger partial charge in [-0.15, -0.1) is 0 Å². The SMILES string of the molecule is Cc1[nH]ncc1C(=O)N1CCC(C)C1CBr. The Bertz CT molecular complexity index is 390. The summed E-state index contributed by atoms with van der Waals surface area (Å²) < 4.78 is 0. The summed E-state index contributed by atoms with van der Waals surface area (Å²) >= 11 is 3.49. The highest BCUT2D eigenvalue weighted by molar-refractivity contribution is 9.09. The lowest BCUT2D eigenvalue weighted by Crippen LogP contribution is -2.38. The van der Waals surface area contributed by atoms with Gasteiger partial charge in [0.25, 0.3) is 5.91 Å². The first-order valence-corrected chi connectivity index (χ1v) is 6.64. The van der Waals surface area contributed by atoms with Gasteiger partial charge in [0, 0.05) is 23.6 Å². The van der Waals surface area contributed by atoms with E-state index >= 15 is 0 Å². The molecule has 0 aliphatic carbocycles. The topological polar surface area (TPSA) is 49.0 Å². The molecule has 2 atom stereocenters. The quantitative estimate of drug-likeness (QED) is 0.845. The van der Waals surface area contributed by atoms with E-state index in [4.69, 9.17) is 0 Å². The minimum atomic E-state index is 0.0973. The van der Waals surface area contributed by atoms with Gasteiger partial charge < -0.3 is 4.90 Å². The van der Waals surface area contributed by atoms with E-state index in [9.17, 15) is 4.79 Å². The number of alkyl halides is 1. The van der Waals surface area contributed by atoms with Crippen molar-refractivity contribution >= 4 is 21.8 Å². The van der Waals surface area contributed by atoms with Crippen LogP contribution in [0.2, 0.25) is 0 Å². The fraction of sp³-hybridized carbons (Fsp3) is 0.636. The molecule has 5 heteroatoms. The molecule has 0 aromatic carbocycles. The summed E-state index contributed by atoms with van der Waals surface area (Å²) in [6.07, 6.45) is 2.70. The summed E-state index contributed by atoms with van der Waals surface area (Å²) in [4.78, 5) is 14.2. The minimum absolute atomic E-state index is 0.0973. The summed E-state index contributed by atoms with van der Waals surface area (Å²) in [6.45, 7) is 4.92. The number of aryl methyl sites for hydroxylation is 1. The highest BCUT2D eigenvalue weighted by Gasteiger charge is 2.34. The monoisotopic (exact) mass is 285 g/mol. The van der Waals surface area contributed by atoms with Gasteiger partial charge >= 0.3 is 0 Å². The summed E-state index contributed by atoms with van der Waals surface area (Å²) in [6, 6.07) is 0.307. The second-order valence-corrected chi connectivity index (χ2v) is 5.04. The molecule has 1 aromatic rings. The van der Waals surface area contributed by atoms with Gasteiger partial charge in [-0.2, -0.15) is 5.10 Å². The Morgan fingerprint density at radius 1 is 1.75 bits per heavy atom. The van der Waals surface area contributed by atoms with Crippen LogP contribution in [0.5, 0.6) is 0 Å². The average Bonchev–Trinajstić information content (AvgIpc) is 2.83. The third-order valence-electron chi connectivity index (χ3n) is 3.36. The number of rotatable bonds is 2. The van der Waals surface area contributed by atoms with E-state index in [0.29, 0.717) is 17.5 Å². The van der Waals surface area contributed by atoms with Crippen LogP contribution in [-0.4, -0.2) is 38.9 Å². The summed E-state index contributed by atoms with van der Waals surface area (Å²) in [5.74, 6) is 0.663. The van der Waals surface area contributed by atoms with Crippen LogP contribution in [0.4, 0.5) is 0 Å². The standard InChI is InChI=1S/C11H16BrN3O/c1-7-3-4-15(10(7)5-12)11(16)9-6-13-14-8(9)2/h6-7,10H,3-5H2,1-2H3,(H,13,14). The Hall–Kier alpha value is -0.840. The van der Waals surface area contributed by atoms with Gasteiger partial charge in [0.05, 0.1) is 11.8 Å². The maximum absolute atomic E-state index is 12.3. The molecule has 2 heterocycles. The van der Waals surface area contributed by atoms with Crippen LogP contribution >= 0.6 is 15.9 Å². The molecule has 1 saturated heterocycles. The first-order valence-electron chi connectivity index (χ1n) is 5.52. The Labute approximate surface area is 104 Å². The lowest BCUT2D eigenvalue weighted by atomic mass is 10.0. The molecule has 4 nitrogen and oxygen atoms in total. The maximum Gasteiger partial charge on any atom is 0.257 e. The van der Waals surface area contributed by atoms with Crippen LogP contribution < -0.4 is 0 Å². The first kappa shape index (κ1) is 11.6. The van der Waals surface area contributed by atoms with Gasteiger partial charge in [0.2, 0.25) is 0 Å². The number of hydrogen-bond donors (Lipinski definition) is 1. The number of H-pyrrole nitrogens is 1. The van der Waals surface area contributed by atoms with Crippen molar-refractivity contribution in [2.24, 2.45) is 5.92 Å². The number of nitrogens with one attached hydrogen (secondary N) is 1. The molecule has 1 aromatic heterocycles. The van der Waals surface area contributed by atoms with Crippen LogP contribution in [0.1, 0.15) is 29.4 Å². The largest absolute Gasteiger partial charge is 0.334 e. The Kier molecular flexibility index (Phi) is 3.33. The second-order valence-electron chi connectivity index (χ2n) is 4.39. The zero-order chi connectivity index (χ0) is 11.7. The van der Waals surface area contributed by atoms with Crippen molar-refractivity contribution in [2.75, 3.05) is 11.9 Å². The molecule has 2 unspecified atom stereocenters. The number of nitrogens with zero attached hydrogens (tertiary/aromatic N) is 2.